The van der Waals surface area contributed by atoms with Gasteiger partial charge in [-0.1, -0.05) is 35.5 Å². The standard InChI is InChI=1S/C26H22F3N3O3/c1-15-6-3-4-7-19(15)20-11-10-17(13-21(20)26(27,28)29)25-31-24(32-35-25)18-12-16(2)22(30-14-18)8-5-9-23(33)34/h3-4,6-7,10-14H,5,8-9H2,1-2H3,(H,33,34). The Morgan fingerprint density at radius 3 is 2.46 bits per heavy atom. The largest absolute Gasteiger partial charge is 0.481 e. The predicted octanol–water partition coefficient (Wildman–Crippen LogP) is 6.51. The lowest BCUT2D eigenvalue weighted by molar-refractivity contribution is -0.138. The van der Waals surface area contributed by atoms with Crippen LogP contribution in [0, 0.1) is 13.8 Å². The summed E-state index contributed by atoms with van der Waals surface area (Å²) in [5.41, 5.74) is 2.84. The van der Waals surface area contributed by atoms with Crippen molar-refractivity contribution in [3.8, 4) is 34.0 Å². The topological polar surface area (TPSA) is 89.1 Å². The first kappa shape index (κ1) is 24.1. The third kappa shape index (κ3) is 5.40. The number of hydrogen-bond acceptors (Lipinski definition) is 5. The molecule has 0 amide bonds. The van der Waals surface area contributed by atoms with Crippen molar-refractivity contribution < 1.29 is 27.6 Å². The second-order valence-electron chi connectivity index (χ2n) is 8.23. The smallest absolute Gasteiger partial charge is 0.417 e. The summed E-state index contributed by atoms with van der Waals surface area (Å²) in [6, 6.07) is 12.7. The van der Waals surface area contributed by atoms with Crippen molar-refractivity contribution in [1.29, 1.82) is 0 Å². The maximum Gasteiger partial charge on any atom is 0.417 e. The lowest BCUT2D eigenvalue weighted by atomic mass is 9.94. The average molecular weight is 481 g/mol. The van der Waals surface area contributed by atoms with Crippen molar-refractivity contribution in [2.24, 2.45) is 0 Å². The van der Waals surface area contributed by atoms with Crippen LogP contribution < -0.4 is 0 Å². The fraction of sp³-hybridized carbons (Fsp3) is 0.231. The van der Waals surface area contributed by atoms with E-state index in [0.29, 0.717) is 24.0 Å². The van der Waals surface area contributed by atoms with Crippen LogP contribution >= 0.6 is 0 Å². The van der Waals surface area contributed by atoms with Gasteiger partial charge in [-0.25, -0.2) is 0 Å². The number of hydrogen-bond donors (Lipinski definition) is 1. The lowest BCUT2D eigenvalue weighted by Gasteiger charge is -2.15. The molecule has 0 aliphatic carbocycles. The van der Waals surface area contributed by atoms with Gasteiger partial charge >= 0.3 is 12.1 Å². The molecule has 4 aromatic rings. The SMILES string of the molecule is Cc1ccccc1-c1ccc(-c2nc(-c3cnc(CCCC(=O)O)c(C)c3)no2)cc1C(F)(F)F. The van der Waals surface area contributed by atoms with Crippen molar-refractivity contribution in [3.05, 3.63) is 77.1 Å². The second-order valence-corrected chi connectivity index (χ2v) is 8.23. The number of halogens is 3. The fourth-order valence-electron chi connectivity index (χ4n) is 3.87. The van der Waals surface area contributed by atoms with E-state index in [1.807, 2.05) is 6.92 Å². The molecular formula is C26H22F3N3O3. The first-order chi connectivity index (χ1) is 16.6. The van der Waals surface area contributed by atoms with Gasteiger partial charge in [0.1, 0.15) is 0 Å². The third-order valence-corrected chi connectivity index (χ3v) is 5.68. The zero-order valence-corrected chi connectivity index (χ0v) is 19.1. The molecule has 9 heteroatoms. The van der Waals surface area contributed by atoms with Gasteiger partial charge in [0, 0.05) is 29.4 Å². The highest BCUT2D eigenvalue weighted by molar-refractivity contribution is 5.74. The van der Waals surface area contributed by atoms with Crippen LogP contribution in [-0.2, 0) is 17.4 Å². The number of alkyl halides is 3. The van der Waals surface area contributed by atoms with E-state index in [2.05, 4.69) is 15.1 Å². The van der Waals surface area contributed by atoms with Crippen molar-refractivity contribution in [2.45, 2.75) is 39.3 Å². The number of aryl methyl sites for hydroxylation is 3. The Hall–Kier alpha value is -4.01. The van der Waals surface area contributed by atoms with Crippen LogP contribution in [-0.4, -0.2) is 26.2 Å². The monoisotopic (exact) mass is 481 g/mol. The maximum atomic E-state index is 13.9. The number of carbonyl (C=O) groups is 1. The lowest BCUT2D eigenvalue weighted by Crippen LogP contribution is -2.08. The highest BCUT2D eigenvalue weighted by atomic mass is 19.4. The molecule has 0 fully saturated rings. The van der Waals surface area contributed by atoms with E-state index in [0.717, 1.165) is 22.9 Å². The Labute approximate surface area is 199 Å². The molecule has 2 aromatic heterocycles. The number of aromatic nitrogens is 3. The Morgan fingerprint density at radius 2 is 1.77 bits per heavy atom. The van der Waals surface area contributed by atoms with E-state index in [1.165, 1.54) is 12.1 Å². The average Bonchev–Trinajstić information content (AvgIpc) is 3.30. The highest BCUT2D eigenvalue weighted by Gasteiger charge is 2.34. The van der Waals surface area contributed by atoms with Crippen LogP contribution in [0.3, 0.4) is 0 Å². The van der Waals surface area contributed by atoms with Crippen LogP contribution in [0.2, 0.25) is 0 Å². The van der Waals surface area contributed by atoms with E-state index in [1.54, 1.807) is 43.5 Å². The van der Waals surface area contributed by atoms with E-state index in [9.17, 15) is 18.0 Å². The van der Waals surface area contributed by atoms with E-state index >= 15 is 0 Å². The molecule has 2 heterocycles. The van der Waals surface area contributed by atoms with Crippen LogP contribution in [0.25, 0.3) is 34.0 Å². The van der Waals surface area contributed by atoms with Crippen molar-refractivity contribution in [2.75, 3.05) is 0 Å². The number of nitrogens with zero attached hydrogens (tertiary/aromatic N) is 3. The summed E-state index contributed by atoms with van der Waals surface area (Å²) in [6.07, 6.45) is -1.99. The number of carboxylic acid groups (broad SMARTS) is 1. The first-order valence-electron chi connectivity index (χ1n) is 10.9. The highest BCUT2D eigenvalue weighted by Crippen LogP contribution is 2.40. The van der Waals surface area contributed by atoms with Gasteiger partial charge < -0.3 is 9.63 Å². The van der Waals surface area contributed by atoms with Gasteiger partial charge in [0.25, 0.3) is 5.89 Å². The van der Waals surface area contributed by atoms with Gasteiger partial charge in [0.2, 0.25) is 5.82 Å². The number of pyridine rings is 1. The minimum Gasteiger partial charge on any atom is -0.481 e. The molecule has 0 atom stereocenters. The Kier molecular flexibility index (Phi) is 6.68. The summed E-state index contributed by atoms with van der Waals surface area (Å²) in [7, 11) is 0. The molecule has 0 radical (unpaired) electrons. The van der Waals surface area contributed by atoms with Gasteiger partial charge in [0.05, 0.1) is 5.56 Å². The van der Waals surface area contributed by atoms with Crippen LogP contribution in [0.5, 0.6) is 0 Å². The number of rotatable bonds is 7. The molecule has 2 aromatic carbocycles. The molecule has 0 bridgehead atoms. The number of carboxylic acids is 1. The van der Waals surface area contributed by atoms with Crippen molar-refractivity contribution >= 4 is 5.97 Å². The van der Waals surface area contributed by atoms with Gasteiger partial charge in [-0.2, -0.15) is 18.2 Å². The first-order valence-corrected chi connectivity index (χ1v) is 10.9. The van der Waals surface area contributed by atoms with Crippen LogP contribution in [0.1, 0.15) is 35.2 Å². The molecule has 0 saturated carbocycles. The molecular weight excluding hydrogens is 459 g/mol. The Bertz CT molecular complexity index is 1380. The second kappa shape index (κ2) is 9.69. The van der Waals surface area contributed by atoms with Crippen LogP contribution in [0.4, 0.5) is 13.2 Å². The molecule has 0 unspecified atom stereocenters. The van der Waals surface area contributed by atoms with E-state index in [-0.39, 0.29) is 29.3 Å². The van der Waals surface area contributed by atoms with Gasteiger partial charge in [0.15, 0.2) is 0 Å². The summed E-state index contributed by atoms with van der Waals surface area (Å²) < 4.78 is 47.1. The molecule has 35 heavy (non-hydrogen) atoms. The number of benzene rings is 2. The van der Waals surface area contributed by atoms with Gasteiger partial charge in [-0.05, 0) is 67.1 Å². The molecule has 0 aliphatic rings. The predicted molar refractivity (Wildman–Crippen MR) is 123 cm³/mol. The third-order valence-electron chi connectivity index (χ3n) is 5.68. The molecule has 180 valence electrons. The summed E-state index contributed by atoms with van der Waals surface area (Å²) >= 11 is 0. The molecule has 0 saturated heterocycles. The van der Waals surface area contributed by atoms with Gasteiger partial charge in [-0.15, -0.1) is 0 Å². The zero-order chi connectivity index (χ0) is 25.2. The number of aliphatic carboxylic acids is 1. The van der Waals surface area contributed by atoms with Crippen LogP contribution in [0.15, 0.2) is 59.3 Å². The molecule has 6 nitrogen and oxygen atoms in total. The maximum absolute atomic E-state index is 13.9. The van der Waals surface area contributed by atoms with Crippen molar-refractivity contribution in [1.82, 2.24) is 15.1 Å². The van der Waals surface area contributed by atoms with E-state index < -0.39 is 17.7 Å². The molecule has 0 spiro atoms. The zero-order valence-electron chi connectivity index (χ0n) is 19.1. The molecule has 0 aliphatic heterocycles. The van der Waals surface area contributed by atoms with Crippen molar-refractivity contribution in [3.63, 3.8) is 0 Å². The van der Waals surface area contributed by atoms with E-state index in [4.69, 9.17) is 9.63 Å². The Balaban J connectivity index is 1.64. The summed E-state index contributed by atoms with van der Waals surface area (Å²) in [5, 5.41) is 12.7. The van der Waals surface area contributed by atoms with Gasteiger partial charge in [-0.3, -0.25) is 9.78 Å². The molecule has 4 rings (SSSR count). The minimum atomic E-state index is -4.58. The summed E-state index contributed by atoms with van der Waals surface area (Å²) in [5.74, 6) is -0.700. The summed E-state index contributed by atoms with van der Waals surface area (Å²) in [6.45, 7) is 3.61. The minimum absolute atomic E-state index is 0.0370. The normalized spacial score (nSPS) is 11.6. The fourth-order valence-corrected chi connectivity index (χ4v) is 3.87. The molecule has 1 N–H and O–H groups in total. The summed E-state index contributed by atoms with van der Waals surface area (Å²) in [4.78, 5) is 19.4. The Morgan fingerprint density at radius 1 is 1.00 bits per heavy atom. The quantitative estimate of drug-likeness (QED) is 0.324.